The summed E-state index contributed by atoms with van der Waals surface area (Å²) < 4.78 is 27.7. The molecule has 0 saturated carbocycles. The van der Waals surface area contributed by atoms with Crippen LogP contribution in [0, 0.1) is 11.6 Å². The summed E-state index contributed by atoms with van der Waals surface area (Å²) in [7, 11) is 0. The quantitative estimate of drug-likeness (QED) is 0.762. The van der Waals surface area contributed by atoms with E-state index in [4.69, 9.17) is 5.73 Å². The highest BCUT2D eigenvalue weighted by Gasteiger charge is 2.09. The summed E-state index contributed by atoms with van der Waals surface area (Å²) in [5.74, 6) is -1.46. The number of fused-ring (bicyclic) bond motifs is 1. The smallest absolute Gasteiger partial charge is 0.165 e. The number of nitrogens with zero attached hydrogens (tertiary/aromatic N) is 4. The van der Waals surface area contributed by atoms with Gasteiger partial charge in [-0.2, -0.15) is 0 Å². The van der Waals surface area contributed by atoms with Gasteiger partial charge in [0.1, 0.15) is 11.8 Å². The van der Waals surface area contributed by atoms with Crippen LogP contribution < -0.4 is 5.73 Å². The maximum Gasteiger partial charge on any atom is 0.165 e. The number of nitrogen functional groups attached to an aromatic ring is 1. The number of hydrogen-bond donors (Lipinski definition) is 1. The van der Waals surface area contributed by atoms with E-state index in [1.807, 2.05) is 0 Å². The highest BCUT2D eigenvalue weighted by Crippen LogP contribution is 2.16. The molecule has 96 valence electrons. The fourth-order valence-electron chi connectivity index (χ4n) is 1.85. The molecular formula is C12H9F2N5. The van der Waals surface area contributed by atoms with Crippen molar-refractivity contribution in [3.8, 4) is 0 Å². The SMILES string of the molecule is Nc1ncnc2c1ncn2Cc1ccc(F)c(F)c1. The molecule has 0 aliphatic heterocycles. The van der Waals surface area contributed by atoms with Crippen molar-refractivity contribution in [1.82, 2.24) is 19.5 Å². The summed E-state index contributed by atoms with van der Waals surface area (Å²) in [6.45, 7) is 0.324. The summed E-state index contributed by atoms with van der Waals surface area (Å²) in [4.78, 5) is 12.0. The van der Waals surface area contributed by atoms with E-state index >= 15 is 0 Å². The number of aromatic nitrogens is 4. The highest BCUT2D eigenvalue weighted by molar-refractivity contribution is 5.81. The van der Waals surface area contributed by atoms with Crippen molar-refractivity contribution in [2.24, 2.45) is 0 Å². The van der Waals surface area contributed by atoms with E-state index in [9.17, 15) is 8.78 Å². The van der Waals surface area contributed by atoms with Gasteiger partial charge in [0, 0.05) is 0 Å². The third-order valence-electron chi connectivity index (χ3n) is 2.77. The minimum Gasteiger partial charge on any atom is -0.382 e. The first kappa shape index (κ1) is 11.5. The fourth-order valence-corrected chi connectivity index (χ4v) is 1.85. The minimum absolute atomic E-state index is 0.286. The molecule has 0 fully saturated rings. The van der Waals surface area contributed by atoms with Crippen LogP contribution in [0.5, 0.6) is 0 Å². The molecule has 0 aliphatic rings. The third kappa shape index (κ3) is 1.99. The molecule has 1 aromatic carbocycles. The molecule has 7 heteroatoms. The molecule has 0 radical (unpaired) electrons. The molecule has 2 N–H and O–H groups in total. The molecule has 0 saturated heterocycles. The van der Waals surface area contributed by atoms with Gasteiger partial charge in [-0.1, -0.05) is 6.07 Å². The molecule has 0 aliphatic carbocycles. The van der Waals surface area contributed by atoms with Gasteiger partial charge in [-0.05, 0) is 17.7 Å². The van der Waals surface area contributed by atoms with Crippen LogP contribution in [-0.2, 0) is 6.54 Å². The Kier molecular flexibility index (Phi) is 2.59. The van der Waals surface area contributed by atoms with E-state index in [1.165, 1.54) is 18.7 Å². The van der Waals surface area contributed by atoms with Crippen molar-refractivity contribution < 1.29 is 8.78 Å². The highest BCUT2D eigenvalue weighted by atomic mass is 19.2. The summed E-state index contributed by atoms with van der Waals surface area (Å²) in [6, 6.07) is 3.74. The predicted molar refractivity (Wildman–Crippen MR) is 65.2 cm³/mol. The van der Waals surface area contributed by atoms with Gasteiger partial charge in [-0.25, -0.2) is 23.7 Å². The van der Waals surface area contributed by atoms with Gasteiger partial charge in [0.15, 0.2) is 23.1 Å². The van der Waals surface area contributed by atoms with Gasteiger partial charge >= 0.3 is 0 Å². The van der Waals surface area contributed by atoms with Crippen molar-refractivity contribution in [2.45, 2.75) is 6.54 Å². The van der Waals surface area contributed by atoms with Crippen molar-refractivity contribution >= 4 is 17.0 Å². The molecule has 0 atom stereocenters. The topological polar surface area (TPSA) is 69.6 Å². The number of benzene rings is 1. The number of imidazole rings is 1. The van der Waals surface area contributed by atoms with Gasteiger partial charge in [0.05, 0.1) is 12.9 Å². The average molecular weight is 261 g/mol. The summed E-state index contributed by atoms with van der Waals surface area (Å²) in [5.41, 5.74) is 7.32. The lowest BCUT2D eigenvalue weighted by molar-refractivity contribution is 0.506. The van der Waals surface area contributed by atoms with E-state index in [0.717, 1.165) is 12.1 Å². The molecule has 0 spiro atoms. The molecule has 5 nitrogen and oxygen atoms in total. The first-order chi connectivity index (χ1) is 9.15. The summed E-state index contributed by atoms with van der Waals surface area (Å²) in [5, 5.41) is 0. The van der Waals surface area contributed by atoms with Crippen LogP contribution in [0.3, 0.4) is 0 Å². The van der Waals surface area contributed by atoms with Crippen LogP contribution in [-0.4, -0.2) is 19.5 Å². The molecular weight excluding hydrogens is 252 g/mol. The molecule has 0 amide bonds. The Morgan fingerprint density at radius 3 is 2.74 bits per heavy atom. The number of rotatable bonds is 2. The van der Waals surface area contributed by atoms with Crippen LogP contribution in [0.2, 0.25) is 0 Å². The standard InChI is InChI=1S/C12H9F2N5/c13-8-2-1-7(3-9(8)14)4-19-6-18-10-11(15)16-5-17-12(10)19/h1-3,5-6H,4H2,(H2,15,16,17). The summed E-state index contributed by atoms with van der Waals surface area (Å²) >= 11 is 0. The molecule has 3 aromatic rings. The Balaban J connectivity index is 2.01. The van der Waals surface area contributed by atoms with Crippen LogP contribution in [0.15, 0.2) is 30.9 Å². The maximum absolute atomic E-state index is 13.1. The lowest BCUT2D eigenvalue weighted by Crippen LogP contribution is -2.01. The van der Waals surface area contributed by atoms with Crippen LogP contribution in [0.1, 0.15) is 5.56 Å². The van der Waals surface area contributed by atoms with E-state index in [2.05, 4.69) is 15.0 Å². The summed E-state index contributed by atoms with van der Waals surface area (Å²) in [6.07, 6.45) is 2.87. The van der Waals surface area contributed by atoms with E-state index in [0.29, 0.717) is 23.3 Å². The Bertz CT molecular complexity index is 753. The van der Waals surface area contributed by atoms with Gasteiger partial charge in [-0.3, -0.25) is 0 Å². The second-order valence-corrected chi connectivity index (χ2v) is 4.05. The lowest BCUT2D eigenvalue weighted by Gasteiger charge is -2.04. The van der Waals surface area contributed by atoms with Crippen LogP contribution >= 0.6 is 0 Å². The predicted octanol–water partition coefficient (Wildman–Crippen LogP) is 1.73. The van der Waals surface area contributed by atoms with Crippen LogP contribution in [0.4, 0.5) is 14.6 Å². The first-order valence-corrected chi connectivity index (χ1v) is 5.50. The zero-order valence-electron chi connectivity index (χ0n) is 9.72. The molecule has 2 aromatic heterocycles. The molecule has 0 unspecified atom stereocenters. The normalized spacial score (nSPS) is 11.1. The Morgan fingerprint density at radius 1 is 1.11 bits per heavy atom. The van der Waals surface area contributed by atoms with Gasteiger partial charge in [-0.15, -0.1) is 0 Å². The minimum atomic E-state index is -0.879. The molecule has 0 bridgehead atoms. The number of hydrogen-bond acceptors (Lipinski definition) is 4. The second kappa shape index (κ2) is 4.27. The van der Waals surface area contributed by atoms with Crippen molar-refractivity contribution in [3.05, 3.63) is 48.1 Å². The Labute approximate surface area is 106 Å². The van der Waals surface area contributed by atoms with Crippen molar-refractivity contribution in [2.75, 3.05) is 5.73 Å². The van der Waals surface area contributed by atoms with Crippen molar-refractivity contribution in [3.63, 3.8) is 0 Å². The zero-order chi connectivity index (χ0) is 13.4. The number of halogens is 2. The van der Waals surface area contributed by atoms with E-state index in [1.54, 1.807) is 4.57 Å². The van der Waals surface area contributed by atoms with Gasteiger partial charge in [0.25, 0.3) is 0 Å². The lowest BCUT2D eigenvalue weighted by atomic mass is 10.2. The van der Waals surface area contributed by atoms with Gasteiger partial charge in [0.2, 0.25) is 0 Å². The van der Waals surface area contributed by atoms with Crippen LogP contribution in [0.25, 0.3) is 11.2 Å². The monoisotopic (exact) mass is 261 g/mol. The second-order valence-electron chi connectivity index (χ2n) is 4.05. The van der Waals surface area contributed by atoms with Crippen molar-refractivity contribution in [1.29, 1.82) is 0 Å². The first-order valence-electron chi connectivity index (χ1n) is 5.50. The van der Waals surface area contributed by atoms with Gasteiger partial charge < -0.3 is 10.3 Å². The third-order valence-corrected chi connectivity index (χ3v) is 2.77. The van der Waals surface area contributed by atoms with E-state index in [-0.39, 0.29) is 5.82 Å². The maximum atomic E-state index is 13.1. The fraction of sp³-hybridized carbons (Fsp3) is 0.0833. The average Bonchev–Trinajstić information content (AvgIpc) is 2.79. The Hall–Kier alpha value is -2.57. The molecule has 19 heavy (non-hydrogen) atoms. The molecule has 2 heterocycles. The zero-order valence-corrected chi connectivity index (χ0v) is 9.72. The largest absolute Gasteiger partial charge is 0.382 e. The Morgan fingerprint density at radius 2 is 1.95 bits per heavy atom. The molecule has 3 rings (SSSR count). The number of anilines is 1. The number of nitrogens with two attached hydrogens (primary N) is 1. The van der Waals surface area contributed by atoms with E-state index < -0.39 is 11.6 Å².